The first-order chi connectivity index (χ1) is 14.3. The molecule has 0 atom stereocenters. The van der Waals surface area contributed by atoms with Crippen LogP contribution in [0.1, 0.15) is 52.8 Å². The molecule has 2 aromatic rings. The summed E-state index contributed by atoms with van der Waals surface area (Å²) in [6, 6.07) is 11.8. The van der Waals surface area contributed by atoms with Gasteiger partial charge in [-0.1, -0.05) is 23.2 Å². The largest absolute Gasteiger partial charge is 0.486 e. The number of carbonyl (C=O) groups excluding carboxylic acids is 3. The molecule has 156 valence electrons. The highest BCUT2D eigenvalue weighted by molar-refractivity contribution is 6.31. The van der Waals surface area contributed by atoms with Crippen molar-refractivity contribution in [2.45, 2.75) is 37.7 Å². The van der Waals surface area contributed by atoms with Gasteiger partial charge in [0.25, 0.3) is 0 Å². The van der Waals surface area contributed by atoms with Crippen molar-refractivity contribution in [3.63, 3.8) is 0 Å². The van der Waals surface area contributed by atoms with Gasteiger partial charge in [0, 0.05) is 54.4 Å². The number of ketones is 2. The number of Topliss-reactive ketones (excluding diaryl/α,β-unsaturated/α-hetero) is 2. The molecule has 0 bridgehead atoms. The summed E-state index contributed by atoms with van der Waals surface area (Å²) < 4.78 is 6.20. The number of benzene rings is 2. The summed E-state index contributed by atoms with van der Waals surface area (Å²) in [6.07, 6.45) is 1.77. The highest BCUT2D eigenvalue weighted by Crippen LogP contribution is 2.40. The molecule has 1 fully saturated rings. The van der Waals surface area contributed by atoms with E-state index in [-0.39, 0.29) is 36.7 Å². The van der Waals surface area contributed by atoms with Crippen molar-refractivity contribution >= 4 is 40.7 Å². The second kappa shape index (κ2) is 8.40. The van der Waals surface area contributed by atoms with Crippen molar-refractivity contribution in [1.29, 1.82) is 0 Å². The van der Waals surface area contributed by atoms with E-state index in [1.54, 1.807) is 47.4 Å². The molecule has 4 rings (SSSR count). The Bertz CT molecular complexity index is 995. The zero-order valence-corrected chi connectivity index (χ0v) is 17.8. The van der Waals surface area contributed by atoms with E-state index in [4.69, 9.17) is 27.9 Å². The fourth-order valence-corrected chi connectivity index (χ4v) is 4.37. The maximum absolute atomic E-state index is 12.6. The van der Waals surface area contributed by atoms with Crippen molar-refractivity contribution in [2.75, 3.05) is 13.1 Å². The minimum absolute atomic E-state index is 0.0205. The first-order valence-corrected chi connectivity index (χ1v) is 10.7. The number of likely N-dealkylation sites (tertiary alicyclic amines) is 1. The normalized spacial score (nSPS) is 17.4. The predicted molar refractivity (Wildman–Crippen MR) is 115 cm³/mol. The highest BCUT2D eigenvalue weighted by Gasteiger charge is 2.43. The molecule has 2 aliphatic heterocycles. The van der Waals surface area contributed by atoms with E-state index in [1.807, 2.05) is 0 Å². The lowest BCUT2D eigenvalue weighted by Crippen LogP contribution is -2.52. The molecule has 7 heteroatoms. The van der Waals surface area contributed by atoms with Crippen molar-refractivity contribution in [1.82, 2.24) is 4.90 Å². The topological polar surface area (TPSA) is 63.7 Å². The molecule has 1 spiro atoms. The first kappa shape index (κ1) is 20.9. The molecule has 0 unspecified atom stereocenters. The number of ether oxygens (including phenoxy) is 1. The van der Waals surface area contributed by atoms with Gasteiger partial charge in [-0.3, -0.25) is 14.4 Å². The molecule has 30 heavy (non-hydrogen) atoms. The van der Waals surface area contributed by atoms with Crippen LogP contribution in [-0.4, -0.2) is 41.1 Å². The molecule has 0 aliphatic carbocycles. The predicted octanol–water partition coefficient (Wildman–Crippen LogP) is 4.98. The molecule has 0 radical (unpaired) electrons. The van der Waals surface area contributed by atoms with Gasteiger partial charge in [-0.25, -0.2) is 0 Å². The fraction of sp³-hybridized carbons (Fsp3) is 0.348. The molecule has 0 saturated carbocycles. The van der Waals surface area contributed by atoms with Gasteiger partial charge >= 0.3 is 0 Å². The van der Waals surface area contributed by atoms with E-state index in [0.717, 1.165) is 0 Å². The minimum Gasteiger partial charge on any atom is -0.486 e. The van der Waals surface area contributed by atoms with E-state index < -0.39 is 5.60 Å². The van der Waals surface area contributed by atoms with E-state index in [9.17, 15) is 14.4 Å². The van der Waals surface area contributed by atoms with Crippen LogP contribution < -0.4 is 4.74 Å². The average molecular weight is 446 g/mol. The van der Waals surface area contributed by atoms with Gasteiger partial charge in [0.15, 0.2) is 11.6 Å². The monoisotopic (exact) mass is 445 g/mol. The Morgan fingerprint density at radius 1 is 0.967 bits per heavy atom. The summed E-state index contributed by atoms with van der Waals surface area (Å²) in [7, 11) is 0. The molecule has 2 heterocycles. The van der Waals surface area contributed by atoms with Gasteiger partial charge in [0.05, 0.1) is 12.0 Å². The Kier molecular flexibility index (Phi) is 5.85. The van der Waals surface area contributed by atoms with E-state index in [1.165, 1.54) is 0 Å². The molecular weight excluding hydrogens is 425 g/mol. The third kappa shape index (κ3) is 4.37. The number of halogens is 2. The van der Waals surface area contributed by atoms with Crippen molar-refractivity contribution < 1.29 is 19.1 Å². The lowest BCUT2D eigenvalue weighted by atomic mass is 9.82. The molecule has 1 saturated heterocycles. The average Bonchev–Trinajstić information content (AvgIpc) is 2.73. The zero-order valence-electron chi connectivity index (χ0n) is 16.3. The second-order valence-corrected chi connectivity index (χ2v) is 8.71. The van der Waals surface area contributed by atoms with Gasteiger partial charge in [0.2, 0.25) is 5.91 Å². The first-order valence-electron chi connectivity index (χ1n) is 9.94. The summed E-state index contributed by atoms with van der Waals surface area (Å²) in [6.45, 7) is 1.01. The third-order valence-electron chi connectivity index (χ3n) is 5.81. The molecule has 2 aliphatic rings. The van der Waals surface area contributed by atoms with Crippen molar-refractivity contribution in [3.05, 3.63) is 63.6 Å². The van der Waals surface area contributed by atoms with Crippen LogP contribution in [0.5, 0.6) is 5.75 Å². The van der Waals surface area contributed by atoms with Crippen molar-refractivity contribution in [2.24, 2.45) is 0 Å². The summed E-state index contributed by atoms with van der Waals surface area (Å²) in [5.41, 5.74) is 0.499. The smallest absolute Gasteiger partial charge is 0.223 e. The highest BCUT2D eigenvalue weighted by atomic mass is 35.5. The SMILES string of the molecule is O=C(CCC(=O)N1CCC2(CC1)CC(=O)c1cc(Cl)ccc1O2)c1ccc(Cl)cc1. The second-order valence-electron chi connectivity index (χ2n) is 7.84. The molecule has 0 N–H and O–H groups in total. The number of hydrogen-bond donors (Lipinski definition) is 0. The molecule has 1 amide bonds. The van der Waals surface area contributed by atoms with Gasteiger partial charge in [0.1, 0.15) is 11.4 Å². The fourth-order valence-electron chi connectivity index (χ4n) is 4.07. The molecule has 5 nitrogen and oxygen atoms in total. The van der Waals surface area contributed by atoms with Crippen LogP contribution in [0.4, 0.5) is 0 Å². The van der Waals surface area contributed by atoms with Crippen LogP contribution in [0.3, 0.4) is 0 Å². The van der Waals surface area contributed by atoms with Gasteiger partial charge in [-0.05, 0) is 42.5 Å². The summed E-state index contributed by atoms with van der Waals surface area (Å²) in [4.78, 5) is 39.2. The van der Waals surface area contributed by atoms with Crippen LogP contribution in [0.25, 0.3) is 0 Å². The Morgan fingerprint density at radius 3 is 2.33 bits per heavy atom. The van der Waals surface area contributed by atoms with E-state index >= 15 is 0 Å². The number of fused-ring (bicyclic) bond motifs is 1. The van der Waals surface area contributed by atoms with E-state index in [2.05, 4.69) is 0 Å². The summed E-state index contributed by atoms with van der Waals surface area (Å²) >= 11 is 11.8. The molecule has 0 aromatic heterocycles. The van der Waals surface area contributed by atoms with Crippen LogP contribution in [0, 0.1) is 0 Å². The number of nitrogens with zero attached hydrogens (tertiary/aromatic N) is 1. The number of rotatable bonds is 4. The van der Waals surface area contributed by atoms with E-state index in [0.29, 0.717) is 52.9 Å². The standard InChI is InChI=1S/C23H21Cl2NO4/c24-16-3-1-15(2-4-16)19(27)6-8-22(29)26-11-9-23(10-12-26)14-20(28)18-13-17(25)5-7-21(18)30-23/h1-5,7,13H,6,8-12,14H2. The van der Waals surface area contributed by atoms with Crippen LogP contribution in [0.2, 0.25) is 10.0 Å². The quantitative estimate of drug-likeness (QED) is 0.622. The third-order valence-corrected chi connectivity index (χ3v) is 6.30. The molecule has 2 aromatic carbocycles. The maximum atomic E-state index is 12.6. The zero-order chi connectivity index (χ0) is 21.3. The van der Waals surface area contributed by atoms with Gasteiger partial charge in [-0.2, -0.15) is 0 Å². The minimum atomic E-state index is -0.576. The number of carbonyl (C=O) groups is 3. The van der Waals surface area contributed by atoms with Gasteiger partial charge < -0.3 is 9.64 Å². The number of piperidine rings is 1. The lowest BCUT2D eigenvalue weighted by Gasteiger charge is -2.44. The Hall–Kier alpha value is -2.37. The maximum Gasteiger partial charge on any atom is 0.223 e. The van der Waals surface area contributed by atoms with Crippen LogP contribution >= 0.6 is 23.2 Å². The Morgan fingerprint density at radius 2 is 1.63 bits per heavy atom. The number of hydrogen-bond acceptors (Lipinski definition) is 4. The number of amides is 1. The van der Waals surface area contributed by atoms with Gasteiger partial charge in [-0.15, -0.1) is 0 Å². The lowest BCUT2D eigenvalue weighted by molar-refractivity contribution is -0.134. The van der Waals surface area contributed by atoms with Crippen LogP contribution in [0.15, 0.2) is 42.5 Å². The van der Waals surface area contributed by atoms with Crippen LogP contribution in [-0.2, 0) is 4.79 Å². The molecular formula is C23H21Cl2NO4. The Labute approximate surface area is 184 Å². The summed E-state index contributed by atoms with van der Waals surface area (Å²) in [5, 5.41) is 1.08. The summed E-state index contributed by atoms with van der Waals surface area (Å²) in [5.74, 6) is 0.447. The van der Waals surface area contributed by atoms with Crippen molar-refractivity contribution in [3.8, 4) is 5.75 Å². The Balaban J connectivity index is 1.32.